The van der Waals surface area contributed by atoms with Crippen molar-refractivity contribution in [2.75, 3.05) is 19.7 Å². The molecule has 6 nitrogen and oxygen atoms in total. The highest BCUT2D eigenvalue weighted by molar-refractivity contribution is 5.73. The molecule has 0 spiro atoms. The van der Waals surface area contributed by atoms with Gasteiger partial charge in [0.2, 0.25) is 5.91 Å². The zero-order chi connectivity index (χ0) is 19.6. The van der Waals surface area contributed by atoms with Gasteiger partial charge < -0.3 is 15.2 Å². The number of carboxylic acids is 1. The average Bonchev–Trinajstić information content (AvgIpc) is 2.66. The molecule has 0 saturated heterocycles. The summed E-state index contributed by atoms with van der Waals surface area (Å²) < 4.78 is 6.00. The van der Waals surface area contributed by atoms with Crippen molar-refractivity contribution in [2.45, 2.75) is 58.5 Å². The van der Waals surface area contributed by atoms with E-state index in [0.29, 0.717) is 25.6 Å². The Morgan fingerprint density at radius 3 is 2.70 bits per heavy atom. The Kier molecular flexibility index (Phi) is 8.58. The van der Waals surface area contributed by atoms with E-state index >= 15 is 0 Å². The van der Waals surface area contributed by atoms with E-state index in [1.807, 2.05) is 29.2 Å². The van der Waals surface area contributed by atoms with Crippen LogP contribution in [0.4, 0.5) is 0 Å². The normalized spacial score (nSPS) is 16.1. The van der Waals surface area contributed by atoms with Gasteiger partial charge in [0.15, 0.2) is 0 Å². The predicted molar refractivity (Wildman–Crippen MR) is 105 cm³/mol. The van der Waals surface area contributed by atoms with Gasteiger partial charge in [0.25, 0.3) is 0 Å². The molecule has 2 rings (SSSR count). The molecule has 150 valence electrons. The lowest BCUT2D eigenvalue weighted by molar-refractivity contribution is -0.142. The van der Waals surface area contributed by atoms with Gasteiger partial charge in [-0.2, -0.15) is 0 Å². The fraction of sp³-hybridized carbons (Fsp3) is 0.619. The number of benzene rings is 1. The first-order chi connectivity index (χ1) is 13.0. The zero-order valence-electron chi connectivity index (χ0n) is 16.4. The minimum atomic E-state index is -0.873. The standard InChI is InChI=1S/C21H32N2O4/c1-16(21(25)26)23(12-11-22-17(2)24)14-19-9-6-10-20(13-19)27-15-18-7-4-3-5-8-18/h6,9-10,13,16,18H,3-5,7-8,11-12,14-15H2,1-2H3,(H,22,24)(H,25,26). The Morgan fingerprint density at radius 2 is 2.04 bits per heavy atom. The molecule has 2 N–H and O–H groups in total. The Bertz CT molecular complexity index is 614. The molecule has 1 unspecified atom stereocenters. The highest BCUT2D eigenvalue weighted by Crippen LogP contribution is 2.25. The van der Waals surface area contributed by atoms with E-state index in [-0.39, 0.29) is 5.91 Å². The largest absolute Gasteiger partial charge is 0.493 e. The van der Waals surface area contributed by atoms with Gasteiger partial charge in [0.05, 0.1) is 6.61 Å². The molecule has 0 heterocycles. The fourth-order valence-electron chi connectivity index (χ4n) is 3.48. The number of nitrogens with zero attached hydrogens (tertiary/aromatic N) is 1. The lowest BCUT2D eigenvalue weighted by atomic mass is 9.90. The molecular weight excluding hydrogens is 344 g/mol. The number of ether oxygens (including phenoxy) is 1. The number of hydrogen-bond donors (Lipinski definition) is 2. The van der Waals surface area contributed by atoms with Gasteiger partial charge in [0, 0.05) is 26.6 Å². The number of carboxylic acid groups (broad SMARTS) is 1. The summed E-state index contributed by atoms with van der Waals surface area (Å²) in [5.41, 5.74) is 1.01. The van der Waals surface area contributed by atoms with E-state index in [9.17, 15) is 14.7 Å². The van der Waals surface area contributed by atoms with Gasteiger partial charge in [-0.05, 0) is 43.4 Å². The molecular formula is C21H32N2O4. The molecule has 1 amide bonds. The van der Waals surface area contributed by atoms with Gasteiger partial charge in [-0.25, -0.2) is 0 Å². The molecule has 0 aromatic heterocycles. The molecule has 6 heteroatoms. The van der Waals surface area contributed by atoms with Crippen molar-refractivity contribution >= 4 is 11.9 Å². The van der Waals surface area contributed by atoms with Crippen molar-refractivity contribution in [3.8, 4) is 5.75 Å². The van der Waals surface area contributed by atoms with Crippen LogP contribution >= 0.6 is 0 Å². The van der Waals surface area contributed by atoms with Crippen molar-refractivity contribution in [1.82, 2.24) is 10.2 Å². The number of amides is 1. The number of nitrogens with one attached hydrogen (secondary N) is 1. The van der Waals surface area contributed by atoms with E-state index in [2.05, 4.69) is 5.32 Å². The third-order valence-corrected chi connectivity index (χ3v) is 5.17. The molecule has 0 bridgehead atoms. The summed E-state index contributed by atoms with van der Waals surface area (Å²) in [5.74, 6) is 0.491. The summed E-state index contributed by atoms with van der Waals surface area (Å²) in [7, 11) is 0. The SMILES string of the molecule is CC(=O)NCCN(Cc1cccc(OCC2CCCCC2)c1)C(C)C(=O)O. The molecule has 1 aromatic carbocycles. The highest BCUT2D eigenvalue weighted by atomic mass is 16.5. The van der Waals surface area contributed by atoms with Crippen LogP contribution in [-0.2, 0) is 16.1 Å². The molecule has 0 aliphatic heterocycles. The number of carbonyl (C=O) groups excluding carboxylic acids is 1. The zero-order valence-corrected chi connectivity index (χ0v) is 16.4. The van der Waals surface area contributed by atoms with E-state index in [4.69, 9.17) is 4.74 Å². The third kappa shape index (κ3) is 7.59. The molecule has 27 heavy (non-hydrogen) atoms. The number of rotatable bonds is 10. The van der Waals surface area contributed by atoms with Crippen molar-refractivity contribution in [3.63, 3.8) is 0 Å². The monoisotopic (exact) mass is 376 g/mol. The van der Waals surface area contributed by atoms with Gasteiger partial charge in [0.1, 0.15) is 11.8 Å². The maximum atomic E-state index is 11.4. The van der Waals surface area contributed by atoms with Gasteiger partial charge in [-0.3, -0.25) is 14.5 Å². The number of carbonyl (C=O) groups is 2. The first-order valence-corrected chi connectivity index (χ1v) is 9.88. The van der Waals surface area contributed by atoms with E-state index in [0.717, 1.165) is 17.9 Å². The second-order valence-electron chi connectivity index (χ2n) is 7.43. The van der Waals surface area contributed by atoms with Crippen LogP contribution in [0.1, 0.15) is 51.5 Å². The minimum absolute atomic E-state index is 0.115. The summed E-state index contributed by atoms with van der Waals surface area (Å²) in [6.45, 7) is 5.26. The van der Waals surface area contributed by atoms with Gasteiger partial charge in [-0.1, -0.05) is 31.4 Å². The van der Waals surface area contributed by atoms with Crippen molar-refractivity contribution in [3.05, 3.63) is 29.8 Å². The van der Waals surface area contributed by atoms with Crippen LogP contribution in [0, 0.1) is 5.92 Å². The number of aliphatic carboxylic acids is 1. The van der Waals surface area contributed by atoms with Crippen molar-refractivity contribution in [1.29, 1.82) is 0 Å². The Balaban J connectivity index is 1.94. The van der Waals surface area contributed by atoms with Crippen LogP contribution in [0.25, 0.3) is 0 Å². The predicted octanol–water partition coefficient (Wildman–Crippen LogP) is 3.06. The van der Waals surface area contributed by atoms with Crippen molar-refractivity contribution in [2.24, 2.45) is 5.92 Å². The Morgan fingerprint density at radius 1 is 1.30 bits per heavy atom. The molecule has 1 saturated carbocycles. The summed E-state index contributed by atoms with van der Waals surface area (Å²) >= 11 is 0. The topological polar surface area (TPSA) is 78.9 Å². The molecule has 1 fully saturated rings. The summed E-state index contributed by atoms with van der Waals surface area (Å²) in [6.07, 6.45) is 6.41. The van der Waals surface area contributed by atoms with E-state index < -0.39 is 12.0 Å². The molecule has 1 aromatic rings. The minimum Gasteiger partial charge on any atom is -0.493 e. The average molecular weight is 376 g/mol. The first-order valence-electron chi connectivity index (χ1n) is 9.88. The van der Waals surface area contributed by atoms with Crippen LogP contribution in [0.5, 0.6) is 5.75 Å². The third-order valence-electron chi connectivity index (χ3n) is 5.17. The van der Waals surface area contributed by atoms with Crippen LogP contribution in [0.2, 0.25) is 0 Å². The summed E-state index contributed by atoms with van der Waals surface area (Å²) in [6, 6.07) is 7.24. The van der Waals surface area contributed by atoms with Crippen LogP contribution < -0.4 is 10.1 Å². The van der Waals surface area contributed by atoms with Gasteiger partial charge >= 0.3 is 5.97 Å². The maximum absolute atomic E-state index is 11.4. The summed E-state index contributed by atoms with van der Waals surface area (Å²) in [5, 5.41) is 12.1. The van der Waals surface area contributed by atoms with E-state index in [1.165, 1.54) is 39.0 Å². The Labute approximate surface area is 161 Å². The van der Waals surface area contributed by atoms with E-state index in [1.54, 1.807) is 6.92 Å². The van der Waals surface area contributed by atoms with Crippen molar-refractivity contribution < 1.29 is 19.4 Å². The first kappa shape index (κ1) is 21.2. The lowest BCUT2D eigenvalue weighted by Crippen LogP contribution is -2.42. The smallest absolute Gasteiger partial charge is 0.320 e. The lowest BCUT2D eigenvalue weighted by Gasteiger charge is -2.26. The Hall–Kier alpha value is -2.08. The fourth-order valence-corrected chi connectivity index (χ4v) is 3.48. The molecule has 0 radical (unpaired) electrons. The summed E-state index contributed by atoms with van der Waals surface area (Å²) in [4.78, 5) is 24.3. The second kappa shape index (κ2) is 10.9. The molecule has 1 aliphatic rings. The van der Waals surface area contributed by atoms with Crippen LogP contribution in [-0.4, -0.2) is 47.6 Å². The highest BCUT2D eigenvalue weighted by Gasteiger charge is 2.21. The van der Waals surface area contributed by atoms with Crippen LogP contribution in [0.15, 0.2) is 24.3 Å². The van der Waals surface area contributed by atoms with Gasteiger partial charge in [-0.15, -0.1) is 0 Å². The van der Waals surface area contributed by atoms with Crippen LogP contribution in [0.3, 0.4) is 0 Å². The number of hydrogen-bond acceptors (Lipinski definition) is 4. The second-order valence-corrected chi connectivity index (χ2v) is 7.43. The molecule has 1 aliphatic carbocycles. The molecule has 1 atom stereocenters. The maximum Gasteiger partial charge on any atom is 0.320 e. The quantitative estimate of drug-likeness (QED) is 0.656.